The second-order valence-electron chi connectivity index (χ2n) is 9.09. The first kappa shape index (κ1) is 20.8. The molecule has 0 aromatic heterocycles. The van der Waals surface area contributed by atoms with Crippen molar-refractivity contribution in [3.8, 4) is 0 Å². The quantitative estimate of drug-likeness (QED) is 0.337. The second kappa shape index (κ2) is 7.51. The molecule has 1 saturated carbocycles. The first-order chi connectivity index (χ1) is 13.2. The Morgan fingerprint density at radius 2 is 2.04 bits per heavy atom. The van der Waals surface area contributed by atoms with Crippen molar-refractivity contribution in [2.45, 2.75) is 53.0 Å². The number of carbonyl (C=O) groups excluding carboxylic acids is 2. The summed E-state index contributed by atoms with van der Waals surface area (Å²) in [6.07, 6.45) is 9.49. The van der Waals surface area contributed by atoms with Gasteiger partial charge in [0.05, 0.1) is 6.61 Å². The van der Waals surface area contributed by atoms with Gasteiger partial charge in [0.25, 0.3) is 5.91 Å². The fraction of sp³-hybridized carbons (Fsp3) is 0.652. The van der Waals surface area contributed by atoms with Gasteiger partial charge in [-0.3, -0.25) is 9.59 Å². The van der Waals surface area contributed by atoms with Crippen LogP contribution in [0.15, 0.2) is 35.1 Å². The number of rotatable bonds is 3. The molecule has 154 valence electrons. The van der Waals surface area contributed by atoms with Gasteiger partial charge >= 0.3 is 0 Å². The van der Waals surface area contributed by atoms with E-state index in [1.807, 2.05) is 19.9 Å². The lowest BCUT2D eigenvalue weighted by atomic mass is 9.52. The predicted molar refractivity (Wildman–Crippen MR) is 108 cm³/mol. The van der Waals surface area contributed by atoms with Crippen molar-refractivity contribution in [2.75, 3.05) is 13.7 Å². The highest BCUT2D eigenvalue weighted by molar-refractivity contribution is 6.26. The summed E-state index contributed by atoms with van der Waals surface area (Å²) < 4.78 is 0. The Balaban J connectivity index is 2.19. The molecule has 5 heteroatoms. The van der Waals surface area contributed by atoms with Crippen molar-refractivity contribution in [1.29, 1.82) is 0 Å². The molecule has 2 N–H and O–H groups in total. The minimum Gasteiger partial charge on any atom is -0.511 e. The minimum atomic E-state index is -0.907. The zero-order valence-corrected chi connectivity index (χ0v) is 17.6. The maximum absolute atomic E-state index is 12.9. The molecular weight excluding hydrogens is 354 g/mol. The van der Waals surface area contributed by atoms with Gasteiger partial charge < -0.3 is 15.1 Å². The van der Waals surface area contributed by atoms with Crippen LogP contribution >= 0.6 is 0 Å². The number of hydrogen-bond donors (Lipinski definition) is 2. The molecule has 2 fully saturated rings. The van der Waals surface area contributed by atoms with Crippen LogP contribution < -0.4 is 0 Å². The molecule has 1 saturated heterocycles. The molecule has 0 aromatic carbocycles. The maximum atomic E-state index is 12.9. The molecule has 0 bridgehead atoms. The molecular formula is C23H33NO4. The number of Topliss-reactive ketones (excluding diaryl/α,β-unsaturated/α-hetero) is 1. The van der Waals surface area contributed by atoms with Crippen molar-refractivity contribution in [3.05, 3.63) is 35.1 Å². The average molecular weight is 388 g/mol. The molecule has 6 atom stereocenters. The summed E-state index contributed by atoms with van der Waals surface area (Å²) in [6, 6.07) is -0.907. The second-order valence-corrected chi connectivity index (χ2v) is 9.09. The molecule has 3 rings (SSSR count). The van der Waals surface area contributed by atoms with Crippen molar-refractivity contribution in [3.63, 3.8) is 0 Å². The lowest BCUT2D eigenvalue weighted by molar-refractivity contribution is -0.126. The van der Waals surface area contributed by atoms with Crippen LogP contribution in [0.3, 0.4) is 0 Å². The number of likely N-dealkylation sites (N-methyl/N-ethyl adjacent to an activating group) is 1. The molecule has 1 amide bonds. The van der Waals surface area contributed by atoms with Gasteiger partial charge in [0.1, 0.15) is 17.4 Å². The van der Waals surface area contributed by atoms with E-state index in [0.29, 0.717) is 11.8 Å². The average Bonchev–Trinajstić information content (AvgIpc) is 2.86. The highest BCUT2D eigenvalue weighted by Gasteiger charge is 2.55. The van der Waals surface area contributed by atoms with Gasteiger partial charge in [-0.2, -0.15) is 0 Å². The van der Waals surface area contributed by atoms with E-state index in [4.69, 9.17) is 0 Å². The summed E-state index contributed by atoms with van der Waals surface area (Å²) >= 11 is 0. The SMILES string of the molecule is C/C=C/[C@@H]1C(C)=C[C@@H]2C[C@H](C)CC[C@H]2[C@]1(C)/C(O)=C1/C(=O)[C@H](CO)N(C)C1=O. The number of aliphatic hydroxyl groups is 2. The van der Waals surface area contributed by atoms with Crippen molar-refractivity contribution >= 4 is 11.7 Å². The molecule has 2 aliphatic carbocycles. The summed E-state index contributed by atoms with van der Waals surface area (Å²) in [6.45, 7) is 7.87. The first-order valence-corrected chi connectivity index (χ1v) is 10.3. The van der Waals surface area contributed by atoms with Crippen molar-refractivity contribution < 1.29 is 19.8 Å². The molecule has 1 heterocycles. The van der Waals surface area contributed by atoms with Crippen LogP contribution in [0.1, 0.15) is 47.0 Å². The Morgan fingerprint density at radius 3 is 2.61 bits per heavy atom. The number of nitrogens with zero attached hydrogens (tertiary/aromatic N) is 1. The zero-order chi connectivity index (χ0) is 20.8. The van der Waals surface area contributed by atoms with Crippen LogP contribution in [0.25, 0.3) is 0 Å². The summed E-state index contributed by atoms with van der Waals surface area (Å²) in [7, 11) is 1.50. The minimum absolute atomic E-state index is 0.0706. The van der Waals surface area contributed by atoms with Crippen LogP contribution in [0, 0.1) is 29.1 Å². The van der Waals surface area contributed by atoms with Crippen LogP contribution in [0.2, 0.25) is 0 Å². The van der Waals surface area contributed by atoms with Gasteiger partial charge in [-0.15, -0.1) is 0 Å². The van der Waals surface area contributed by atoms with E-state index in [1.54, 1.807) is 0 Å². The largest absolute Gasteiger partial charge is 0.511 e. The number of fused-ring (bicyclic) bond motifs is 1. The van der Waals surface area contributed by atoms with E-state index in [1.165, 1.54) is 17.5 Å². The normalized spacial score (nSPS) is 40.7. The van der Waals surface area contributed by atoms with Gasteiger partial charge in [-0.05, 0) is 44.4 Å². The maximum Gasteiger partial charge on any atom is 0.261 e. The summed E-state index contributed by atoms with van der Waals surface area (Å²) in [5, 5.41) is 21.0. The van der Waals surface area contributed by atoms with Crippen LogP contribution in [-0.4, -0.2) is 46.5 Å². The number of amides is 1. The fourth-order valence-corrected chi connectivity index (χ4v) is 5.82. The van der Waals surface area contributed by atoms with Gasteiger partial charge in [0.2, 0.25) is 0 Å². The lowest BCUT2D eigenvalue weighted by Gasteiger charge is -2.52. The Morgan fingerprint density at radius 1 is 1.36 bits per heavy atom. The van der Waals surface area contributed by atoms with Gasteiger partial charge in [-0.25, -0.2) is 0 Å². The predicted octanol–water partition coefficient (Wildman–Crippen LogP) is 3.41. The monoisotopic (exact) mass is 387 g/mol. The van der Waals surface area contributed by atoms with Crippen LogP contribution in [0.5, 0.6) is 0 Å². The zero-order valence-electron chi connectivity index (χ0n) is 17.6. The number of carbonyl (C=O) groups is 2. The van der Waals surface area contributed by atoms with Gasteiger partial charge in [0, 0.05) is 18.4 Å². The molecule has 28 heavy (non-hydrogen) atoms. The van der Waals surface area contributed by atoms with Crippen molar-refractivity contribution in [2.24, 2.45) is 29.1 Å². The van der Waals surface area contributed by atoms with Crippen LogP contribution in [0.4, 0.5) is 0 Å². The third-order valence-corrected chi connectivity index (χ3v) is 7.40. The van der Waals surface area contributed by atoms with Gasteiger partial charge in [-0.1, -0.05) is 44.1 Å². The number of ketones is 1. The molecule has 0 aromatic rings. The highest BCUT2D eigenvalue weighted by Crippen LogP contribution is 2.58. The summed E-state index contributed by atoms with van der Waals surface area (Å²) in [5.74, 6) is -0.00149. The van der Waals surface area contributed by atoms with Crippen LogP contribution in [-0.2, 0) is 9.59 Å². The number of aliphatic hydroxyl groups excluding tert-OH is 2. The third-order valence-electron chi connectivity index (χ3n) is 7.40. The molecule has 1 aliphatic heterocycles. The van der Waals surface area contributed by atoms with Gasteiger partial charge in [0.15, 0.2) is 5.78 Å². The first-order valence-electron chi connectivity index (χ1n) is 10.3. The molecule has 5 nitrogen and oxygen atoms in total. The number of likely N-dealkylation sites (tertiary alicyclic amines) is 1. The van der Waals surface area contributed by atoms with E-state index < -0.39 is 29.8 Å². The smallest absolute Gasteiger partial charge is 0.261 e. The Hall–Kier alpha value is -1.88. The standard InChI is InChI=1S/C23H33NO4/c1-6-7-16-14(3)11-15-10-13(2)8-9-17(15)23(16,4)21(27)19-20(26)18(12-25)24(5)22(19)28/h6-7,11,13,15-18,25,27H,8-10,12H2,1-5H3/b7-6+,21-19+/t13-,15+,16-,17-,18+,23-/m1/s1. The van der Waals surface area contributed by atoms with E-state index >= 15 is 0 Å². The van der Waals surface area contributed by atoms with E-state index in [2.05, 4.69) is 26.0 Å². The third kappa shape index (κ3) is 2.95. The summed E-state index contributed by atoms with van der Waals surface area (Å²) in [4.78, 5) is 26.9. The summed E-state index contributed by atoms with van der Waals surface area (Å²) in [5.41, 5.74) is 0.320. The van der Waals surface area contributed by atoms with Crippen molar-refractivity contribution in [1.82, 2.24) is 4.90 Å². The highest BCUT2D eigenvalue weighted by atomic mass is 16.3. The Bertz CT molecular complexity index is 765. The van der Waals surface area contributed by atoms with E-state index in [9.17, 15) is 19.8 Å². The number of hydrogen-bond acceptors (Lipinski definition) is 4. The topological polar surface area (TPSA) is 77.8 Å². The Labute approximate surface area is 167 Å². The molecule has 3 aliphatic rings. The molecule has 0 unspecified atom stereocenters. The lowest BCUT2D eigenvalue weighted by Crippen LogP contribution is -2.46. The molecule has 0 radical (unpaired) electrons. The number of allylic oxidation sites excluding steroid dienone is 5. The molecule has 0 spiro atoms. The van der Waals surface area contributed by atoms with E-state index in [0.717, 1.165) is 19.3 Å². The Kier molecular flexibility index (Phi) is 5.59. The van der Waals surface area contributed by atoms with E-state index in [-0.39, 0.29) is 23.2 Å². The fourth-order valence-electron chi connectivity index (χ4n) is 5.82.